The summed E-state index contributed by atoms with van der Waals surface area (Å²) < 4.78 is 5.69. The van der Waals surface area contributed by atoms with E-state index >= 15 is 0 Å². The van der Waals surface area contributed by atoms with Crippen LogP contribution in [-0.2, 0) is 14.3 Å². The third-order valence-electron chi connectivity index (χ3n) is 7.76. The molecule has 2 amide bonds. The second-order valence-corrected chi connectivity index (χ2v) is 9.96. The molecule has 3 atom stereocenters. The molecule has 7 heteroatoms. The monoisotopic (exact) mass is 476 g/mol. The first kappa shape index (κ1) is 23.4. The average Bonchev–Trinajstić information content (AvgIpc) is 3.44. The van der Waals surface area contributed by atoms with Gasteiger partial charge in [0.1, 0.15) is 6.61 Å². The number of hydrogen-bond donors (Lipinski definition) is 2. The SMILES string of the molecule is O=C(O)CC1CCCN1C(=O)[C@@H]1CCC[C@@H](NC(=O)OCC2c3ccccc3-c3ccccc32)C1. The first-order valence-electron chi connectivity index (χ1n) is 12.6. The van der Waals surface area contributed by atoms with Crippen LogP contribution in [0.25, 0.3) is 11.1 Å². The number of amides is 2. The standard InChI is InChI=1S/C28H32N2O5/c31-26(32)16-20-9-6-14-30(20)27(33)18-7-5-8-19(15-18)29-28(34)35-17-25-23-12-3-1-10-21(23)22-11-2-4-13-24(22)25/h1-4,10-13,18-20,25H,5-9,14-17H2,(H,29,34)(H,31,32)/t18-,19-,20?/m1/s1. The zero-order chi connectivity index (χ0) is 24.4. The molecule has 1 saturated heterocycles. The van der Waals surface area contributed by atoms with Crippen molar-refractivity contribution in [3.05, 3.63) is 59.7 Å². The summed E-state index contributed by atoms with van der Waals surface area (Å²) in [6.07, 6.45) is 4.14. The molecule has 35 heavy (non-hydrogen) atoms. The highest BCUT2D eigenvalue weighted by atomic mass is 16.5. The molecule has 7 nitrogen and oxygen atoms in total. The van der Waals surface area contributed by atoms with Gasteiger partial charge in [0.05, 0.1) is 6.42 Å². The molecule has 1 saturated carbocycles. The molecule has 0 spiro atoms. The van der Waals surface area contributed by atoms with E-state index in [1.807, 2.05) is 24.3 Å². The quantitative estimate of drug-likeness (QED) is 0.638. The molecule has 2 fully saturated rings. The van der Waals surface area contributed by atoms with Crippen molar-refractivity contribution in [3.8, 4) is 11.1 Å². The molecule has 0 radical (unpaired) electrons. The highest BCUT2D eigenvalue weighted by Gasteiger charge is 2.37. The second-order valence-electron chi connectivity index (χ2n) is 9.96. The minimum absolute atomic E-state index is 0.000111. The lowest BCUT2D eigenvalue weighted by molar-refractivity contribution is -0.142. The Hall–Kier alpha value is -3.35. The van der Waals surface area contributed by atoms with E-state index < -0.39 is 12.1 Å². The Morgan fingerprint density at radius 1 is 0.943 bits per heavy atom. The molecule has 184 valence electrons. The van der Waals surface area contributed by atoms with Crippen LogP contribution in [0.1, 0.15) is 62.0 Å². The number of likely N-dealkylation sites (tertiary alicyclic amines) is 1. The van der Waals surface area contributed by atoms with Gasteiger partial charge in [-0.1, -0.05) is 55.0 Å². The molecular formula is C28H32N2O5. The number of benzene rings is 2. The summed E-state index contributed by atoms with van der Waals surface area (Å²) in [7, 11) is 0. The molecule has 1 heterocycles. The second kappa shape index (κ2) is 10.1. The number of alkyl carbamates (subject to hydrolysis) is 1. The van der Waals surface area contributed by atoms with Crippen LogP contribution >= 0.6 is 0 Å². The number of hydrogen-bond acceptors (Lipinski definition) is 4. The van der Waals surface area contributed by atoms with Gasteiger partial charge in [-0.15, -0.1) is 0 Å². The van der Waals surface area contributed by atoms with E-state index in [4.69, 9.17) is 9.84 Å². The Kier molecular flexibility index (Phi) is 6.75. The van der Waals surface area contributed by atoms with Gasteiger partial charge in [0.2, 0.25) is 5.91 Å². The Morgan fingerprint density at radius 3 is 2.31 bits per heavy atom. The third-order valence-corrected chi connectivity index (χ3v) is 7.76. The number of rotatable bonds is 6. The van der Waals surface area contributed by atoms with Gasteiger partial charge in [0, 0.05) is 30.5 Å². The average molecular weight is 477 g/mol. The lowest BCUT2D eigenvalue weighted by Gasteiger charge is -2.33. The topological polar surface area (TPSA) is 95.9 Å². The number of carbonyl (C=O) groups is 3. The Morgan fingerprint density at radius 2 is 1.63 bits per heavy atom. The van der Waals surface area contributed by atoms with Crippen molar-refractivity contribution in [2.45, 2.75) is 62.9 Å². The van der Waals surface area contributed by atoms with E-state index in [2.05, 4.69) is 29.6 Å². The number of aliphatic carboxylic acids is 1. The molecule has 2 aliphatic carbocycles. The van der Waals surface area contributed by atoms with Gasteiger partial charge in [0.25, 0.3) is 0 Å². The predicted octanol–water partition coefficient (Wildman–Crippen LogP) is 4.55. The molecule has 2 aromatic carbocycles. The first-order chi connectivity index (χ1) is 17.0. The fourth-order valence-corrected chi connectivity index (χ4v) is 6.13. The third kappa shape index (κ3) is 4.90. The van der Waals surface area contributed by atoms with Crippen molar-refractivity contribution in [2.75, 3.05) is 13.2 Å². The van der Waals surface area contributed by atoms with Crippen LogP contribution in [-0.4, -0.2) is 53.2 Å². The Bertz CT molecular complexity index is 1070. The van der Waals surface area contributed by atoms with Crippen molar-refractivity contribution in [1.29, 1.82) is 0 Å². The number of nitrogens with zero attached hydrogens (tertiary/aromatic N) is 1. The summed E-state index contributed by atoms with van der Waals surface area (Å²) in [5, 5.41) is 12.1. The molecule has 5 rings (SSSR count). The fraction of sp³-hybridized carbons (Fsp3) is 0.464. The van der Waals surface area contributed by atoms with Gasteiger partial charge in [-0.3, -0.25) is 9.59 Å². The van der Waals surface area contributed by atoms with E-state index in [1.165, 1.54) is 22.3 Å². The molecule has 3 aliphatic rings. The van der Waals surface area contributed by atoms with Crippen molar-refractivity contribution in [3.63, 3.8) is 0 Å². The lowest BCUT2D eigenvalue weighted by atomic mass is 9.84. The molecule has 2 aromatic rings. The van der Waals surface area contributed by atoms with Crippen LogP contribution in [0.15, 0.2) is 48.5 Å². The number of carbonyl (C=O) groups excluding carboxylic acids is 2. The van der Waals surface area contributed by atoms with Gasteiger partial charge < -0.3 is 20.1 Å². The van der Waals surface area contributed by atoms with Gasteiger partial charge in [-0.2, -0.15) is 0 Å². The maximum absolute atomic E-state index is 13.1. The van der Waals surface area contributed by atoms with Crippen LogP contribution < -0.4 is 5.32 Å². The molecule has 0 aromatic heterocycles. The summed E-state index contributed by atoms with van der Waals surface area (Å²) >= 11 is 0. The minimum atomic E-state index is -0.867. The van der Waals surface area contributed by atoms with E-state index in [1.54, 1.807) is 4.90 Å². The summed E-state index contributed by atoms with van der Waals surface area (Å²) in [4.78, 5) is 38.8. The van der Waals surface area contributed by atoms with Crippen LogP contribution in [0.3, 0.4) is 0 Å². The van der Waals surface area contributed by atoms with E-state index in [-0.39, 0.29) is 42.9 Å². The molecular weight excluding hydrogens is 444 g/mol. The molecule has 2 N–H and O–H groups in total. The minimum Gasteiger partial charge on any atom is -0.481 e. The summed E-state index contributed by atoms with van der Waals surface area (Å²) in [5.41, 5.74) is 4.72. The van der Waals surface area contributed by atoms with Crippen molar-refractivity contribution in [2.24, 2.45) is 5.92 Å². The maximum atomic E-state index is 13.1. The van der Waals surface area contributed by atoms with Crippen LogP contribution in [0.2, 0.25) is 0 Å². The zero-order valence-electron chi connectivity index (χ0n) is 19.8. The van der Waals surface area contributed by atoms with E-state index in [9.17, 15) is 14.4 Å². The van der Waals surface area contributed by atoms with Crippen LogP contribution in [0.4, 0.5) is 4.79 Å². The van der Waals surface area contributed by atoms with Gasteiger partial charge in [-0.25, -0.2) is 4.79 Å². The number of carboxylic acids is 1. The molecule has 1 unspecified atom stereocenters. The zero-order valence-corrected chi connectivity index (χ0v) is 19.8. The Labute approximate surface area is 205 Å². The van der Waals surface area contributed by atoms with Gasteiger partial charge in [-0.05, 0) is 54.4 Å². The fourth-order valence-electron chi connectivity index (χ4n) is 6.13. The maximum Gasteiger partial charge on any atom is 0.407 e. The van der Waals surface area contributed by atoms with E-state index in [0.717, 1.165) is 32.1 Å². The van der Waals surface area contributed by atoms with Gasteiger partial charge >= 0.3 is 12.1 Å². The van der Waals surface area contributed by atoms with Crippen molar-refractivity contribution < 1.29 is 24.2 Å². The summed E-state index contributed by atoms with van der Waals surface area (Å²) in [6.45, 7) is 0.886. The van der Waals surface area contributed by atoms with E-state index in [0.29, 0.717) is 13.0 Å². The normalized spacial score (nSPS) is 23.4. The number of carboxylic acid groups (broad SMARTS) is 1. The lowest BCUT2D eigenvalue weighted by Crippen LogP contribution is -2.45. The number of fused-ring (bicyclic) bond motifs is 3. The number of ether oxygens (including phenoxy) is 1. The predicted molar refractivity (Wildman–Crippen MR) is 131 cm³/mol. The summed E-state index contributed by atoms with van der Waals surface area (Å²) in [6, 6.07) is 16.1. The Balaban J connectivity index is 1.17. The largest absolute Gasteiger partial charge is 0.481 e. The summed E-state index contributed by atoms with van der Waals surface area (Å²) in [5.74, 6) is -1.01. The van der Waals surface area contributed by atoms with Crippen molar-refractivity contribution in [1.82, 2.24) is 10.2 Å². The van der Waals surface area contributed by atoms with Crippen molar-refractivity contribution >= 4 is 18.0 Å². The molecule has 0 bridgehead atoms. The first-order valence-corrected chi connectivity index (χ1v) is 12.6. The molecule has 1 aliphatic heterocycles. The van der Waals surface area contributed by atoms with Crippen LogP contribution in [0, 0.1) is 5.92 Å². The van der Waals surface area contributed by atoms with Crippen LogP contribution in [0.5, 0.6) is 0 Å². The smallest absolute Gasteiger partial charge is 0.407 e. The highest BCUT2D eigenvalue weighted by Crippen LogP contribution is 2.44. The van der Waals surface area contributed by atoms with Gasteiger partial charge in [0.15, 0.2) is 0 Å². The number of nitrogens with one attached hydrogen (secondary N) is 1. The highest BCUT2D eigenvalue weighted by molar-refractivity contribution is 5.81.